The van der Waals surface area contributed by atoms with E-state index in [1.54, 1.807) is 6.21 Å². The third-order valence-electron chi connectivity index (χ3n) is 5.43. The number of carbonyl (C=O) groups is 1. The number of nitrogens with two attached hydrogens (primary N) is 1. The Hall–Kier alpha value is -4.06. The maximum absolute atomic E-state index is 12.3. The number of anilines is 1. The van der Waals surface area contributed by atoms with Crippen molar-refractivity contribution in [2.24, 2.45) is 5.10 Å². The van der Waals surface area contributed by atoms with Gasteiger partial charge in [0, 0.05) is 34.8 Å². The first-order valence-corrected chi connectivity index (χ1v) is 9.98. The molecule has 0 unspecified atom stereocenters. The largest absolute Gasteiger partial charge is 0.506 e. The van der Waals surface area contributed by atoms with E-state index in [-0.39, 0.29) is 11.4 Å². The number of hydrogen-bond donors (Lipinski definition) is 3. The van der Waals surface area contributed by atoms with Crippen molar-refractivity contribution in [3.05, 3.63) is 94.7 Å². The Balaban J connectivity index is 1.52. The molecule has 156 valence electrons. The van der Waals surface area contributed by atoms with Crippen LogP contribution >= 0.6 is 0 Å². The molecule has 0 saturated carbocycles. The second kappa shape index (κ2) is 8.36. The Labute approximate surface area is 180 Å². The van der Waals surface area contributed by atoms with E-state index in [1.807, 2.05) is 12.1 Å². The van der Waals surface area contributed by atoms with E-state index in [1.165, 1.54) is 34.9 Å². The number of hydrogen-bond acceptors (Lipinski definition) is 4. The highest BCUT2D eigenvalue weighted by Crippen LogP contribution is 2.22. The highest BCUT2D eigenvalue weighted by atomic mass is 16.3. The van der Waals surface area contributed by atoms with Gasteiger partial charge in [-0.05, 0) is 60.9 Å². The average molecular weight is 412 g/mol. The highest BCUT2D eigenvalue weighted by Gasteiger charge is 2.08. The SMILES string of the molecule is Cc1ccc(Cn2ccc3c(/C=N/NC(=O)c4ccc(O)c(N)c4)cccc32)cc1C. The molecule has 4 N–H and O–H groups in total. The minimum Gasteiger partial charge on any atom is -0.506 e. The maximum Gasteiger partial charge on any atom is 0.271 e. The number of nitrogens with one attached hydrogen (secondary N) is 1. The summed E-state index contributed by atoms with van der Waals surface area (Å²) in [4.78, 5) is 12.3. The van der Waals surface area contributed by atoms with Crippen LogP contribution in [0.4, 0.5) is 5.69 Å². The summed E-state index contributed by atoms with van der Waals surface area (Å²) in [5, 5.41) is 14.6. The molecule has 0 aliphatic carbocycles. The summed E-state index contributed by atoms with van der Waals surface area (Å²) in [7, 11) is 0. The molecule has 4 aromatic rings. The van der Waals surface area contributed by atoms with Gasteiger partial charge < -0.3 is 15.4 Å². The topological polar surface area (TPSA) is 92.6 Å². The second-order valence-electron chi connectivity index (χ2n) is 7.62. The van der Waals surface area contributed by atoms with E-state index in [4.69, 9.17) is 5.73 Å². The fourth-order valence-electron chi connectivity index (χ4n) is 3.52. The fourth-order valence-corrected chi connectivity index (χ4v) is 3.52. The normalized spacial score (nSPS) is 11.3. The van der Waals surface area contributed by atoms with Crippen LogP contribution in [0.3, 0.4) is 0 Å². The number of amides is 1. The maximum atomic E-state index is 12.3. The Morgan fingerprint density at radius 2 is 1.94 bits per heavy atom. The predicted molar refractivity (Wildman–Crippen MR) is 125 cm³/mol. The number of benzene rings is 3. The number of nitrogens with zero attached hydrogens (tertiary/aromatic N) is 2. The molecule has 6 heteroatoms. The van der Waals surface area contributed by atoms with Crippen LogP contribution in [0.1, 0.15) is 32.6 Å². The lowest BCUT2D eigenvalue weighted by Gasteiger charge is -2.08. The Kier molecular flexibility index (Phi) is 5.45. The van der Waals surface area contributed by atoms with Crippen molar-refractivity contribution >= 4 is 28.7 Å². The lowest BCUT2D eigenvalue weighted by molar-refractivity contribution is 0.0955. The van der Waals surface area contributed by atoms with Gasteiger partial charge in [-0.25, -0.2) is 5.43 Å². The van der Waals surface area contributed by atoms with Gasteiger partial charge in [-0.1, -0.05) is 30.3 Å². The van der Waals surface area contributed by atoms with Gasteiger partial charge in [-0.2, -0.15) is 5.10 Å². The number of aromatic nitrogens is 1. The molecule has 1 heterocycles. The smallest absolute Gasteiger partial charge is 0.271 e. The fraction of sp³-hybridized carbons (Fsp3) is 0.120. The number of carbonyl (C=O) groups excluding carboxylic acids is 1. The summed E-state index contributed by atoms with van der Waals surface area (Å²) in [6.45, 7) is 5.03. The molecule has 0 spiro atoms. The second-order valence-corrected chi connectivity index (χ2v) is 7.62. The zero-order valence-corrected chi connectivity index (χ0v) is 17.5. The van der Waals surface area contributed by atoms with E-state index in [0.29, 0.717) is 5.56 Å². The monoisotopic (exact) mass is 412 g/mol. The van der Waals surface area contributed by atoms with Gasteiger partial charge in [0.15, 0.2) is 0 Å². The Morgan fingerprint density at radius 1 is 1.10 bits per heavy atom. The standard InChI is InChI=1S/C25H24N4O2/c1-16-6-7-18(12-17(16)2)15-29-11-10-21-20(4-3-5-23(21)29)14-27-28-25(31)19-8-9-24(30)22(26)13-19/h3-14,30H,15,26H2,1-2H3,(H,28,31)/b27-14+. The summed E-state index contributed by atoms with van der Waals surface area (Å²) >= 11 is 0. The van der Waals surface area contributed by atoms with E-state index in [0.717, 1.165) is 23.0 Å². The molecular formula is C25H24N4O2. The molecule has 6 nitrogen and oxygen atoms in total. The van der Waals surface area contributed by atoms with Crippen LogP contribution in [0.2, 0.25) is 0 Å². The van der Waals surface area contributed by atoms with E-state index in [2.05, 4.69) is 65.5 Å². The Morgan fingerprint density at radius 3 is 2.71 bits per heavy atom. The molecule has 3 aromatic carbocycles. The van der Waals surface area contributed by atoms with Gasteiger partial charge >= 0.3 is 0 Å². The molecule has 31 heavy (non-hydrogen) atoms. The first-order chi connectivity index (χ1) is 14.9. The number of fused-ring (bicyclic) bond motifs is 1. The van der Waals surface area contributed by atoms with Crippen molar-refractivity contribution in [3.8, 4) is 5.75 Å². The number of aryl methyl sites for hydroxylation is 2. The zero-order chi connectivity index (χ0) is 22.0. The third kappa shape index (κ3) is 4.28. The molecule has 1 amide bonds. The highest BCUT2D eigenvalue weighted by molar-refractivity contribution is 6.00. The number of hydrazone groups is 1. The zero-order valence-electron chi connectivity index (χ0n) is 17.5. The van der Waals surface area contributed by atoms with Gasteiger partial charge in [0.1, 0.15) is 5.75 Å². The van der Waals surface area contributed by atoms with E-state index < -0.39 is 5.91 Å². The van der Waals surface area contributed by atoms with Crippen molar-refractivity contribution < 1.29 is 9.90 Å². The molecular weight excluding hydrogens is 388 g/mol. The first-order valence-electron chi connectivity index (χ1n) is 9.98. The molecule has 0 aliphatic rings. The van der Waals surface area contributed by atoms with Crippen LogP contribution in [-0.2, 0) is 6.54 Å². The van der Waals surface area contributed by atoms with Gasteiger partial charge in [0.2, 0.25) is 0 Å². The molecule has 0 aliphatic heterocycles. The molecule has 0 atom stereocenters. The van der Waals surface area contributed by atoms with Gasteiger partial charge in [0.05, 0.1) is 11.9 Å². The van der Waals surface area contributed by atoms with Crippen LogP contribution in [0.25, 0.3) is 10.9 Å². The number of phenolic OH excluding ortho intramolecular Hbond substituents is 1. The summed E-state index contributed by atoms with van der Waals surface area (Å²) in [6.07, 6.45) is 3.69. The van der Waals surface area contributed by atoms with Crippen molar-refractivity contribution in [3.63, 3.8) is 0 Å². The van der Waals surface area contributed by atoms with E-state index >= 15 is 0 Å². The summed E-state index contributed by atoms with van der Waals surface area (Å²) in [5.74, 6) is -0.459. The first kappa shape index (κ1) is 20.2. The lowest BCUT2D eigenvalue weighted by Crippen LogP contribution is -2.17. The minimum absolute atomic E-state index is 0.0583. The average Bonchev–Trinajstić information content (AvgIpc) is 3.16. The van der Waals surface area contributed by atoms with Gasteiger partial charge in [0.25, 0.3) is 5.91 Å². The van der Waals surface area contributed by atoms with Crippen LogP contribution in [0.5, 0.6) is 5.75 Å². The number of nitrogen functional groups attached to an aromatic ring is 1. The van der Waals surface area contributed by atoms with Crippen LogP contribution in [0, 0.1) is 13.8 Å². The Bertz CT molecular complexity index is 1300. The molecule has 0 saturated heterocycles. The quantitative estimate of drug-likeness (QED) is 0.197. The molecule has 0 bridgehead atoms. The van der Waals surface area contributed by atoms with Crippen LogP contribution < -0.4 is 11.2 Å². The third-order valence-corrected chi connectivity index (χ3v) is 5.43. The van der Waals surface area contributed by atoms with Crippen molar-refractivity contribution in [1.29, 1.82) is 0 Å². The van der Waals surface area contributed by atoms with Crippen LogP contribution in [0.15, 0.2) is 72.0 Å². The summed E-state index contributed by atoms with van der Waals surface area (Å²) < 4.78 is 2.20. The number of phenols is 1. The molecule has 1 aromatic heterocycles. The number of rotatable bonds is 5. The molecule has 4 rings (SSSR count). The number of aromatic hydroxyl groups is 1. The predicted octanol–water partition coefficient (Wildman–Crippen LogP) is 4.36. The van der Waals surface area contributed by atoms with Gasteiger partial charge in [-0.15, -0.1) is 0 Å². The van der Waals surface area contributed by atoms with E-state index in [9.17, 15) is 9.90 Å². The minimum atomic E-state index is -0.401. The van der Waals surface area contributed by atoms with Gasteiger partial charge in [-0.3, -0.25) is 4.79 Å². The lowest BCUT2D eigenvalue weighted by atomic mass is 10.1. The van der Waals surface area contributed by atoms with Crippen molar-refractivity contribution in [2.45, 2.75) is 20.4 Å². The summed E-state index contributed by atoms with van der Waals surface area (Å²) in [5.41, 5.74) is 14.4. The van der Waals surface area contributed by atoms with Crippen molar-refractivity contribution in [1.82, 2.24) is 9.99 Å². The van der Waals surface area contributed by atoms with Crippen LogP contribution in [-0.4, -0.2) is 21.8 Å². The summed E-state index contributed by atoms with van der Waals surface area (Å²) in [6, 6.07) is 18.9. The molecule has 0 fully saturated rings. The molecule has 0 radical (unpaired) electrons. The van der Waals surface area contributed by atoms with Crippen molar-refractivity contribution in [2.75, 3.05) is 5.73 Å².